The summed E-state index contributed by atoms with van der Waals surface area (Å²) in [6, 6.07) is 8.23. The third kappa shape index (κ3) is 3.43. The molecule has 0 spiro atoms. The first kappa shape index (κ1) is 16.5. The Balaban J connectivity index is 1.98. The first-order chi connectivity index (χ1) is 11.1. The summed E-state index contributed by atoms with van der Waals surface area (Å²) in [5.41, 5.74) is 2.27. The Morgan fingerprint density at radius 3 is 1.65 bits per heavy atom. The molecule has 3 nitrogen and oxygen atoms in total. The van der Waals surface area contributed by atoms with Crippen molar-refractivity contribution in [3.8, 4) is 21.3 Å². The Kier molecular flexibility index (Phi) is 5.02. The molecule has 0 aliphatic carbocycles. The monoisotopic (exact) mass is 348 g/mol. The van der Waals surface area contributed by atoms with Gasteiger partial charge in [-0.3, -0.25) is 0 Å². The molecule has 0 fully saturated rings. The fourth-order valence-electron chi connectivity index (χ4n) is 2.75. The van der Waals surface area contributed by atoms with Gasteiger partial charge >= 0.3 is 0 Å². The molecular weight excluding hydrogens is 328 g/mol. The van der Waals surface area contributed by atoms with Gasteiger partial charge in [0.25, 0.3) is 0 Å². The maximum atomic E-state index is 9.23. The lowest BCUT2D eigenvalue weighted by atomic mass is 10.1. The Labute approximate surface area is 143 Å². The lowest BCUT2D eigenvalue weighted by Gasteiger charge is -2.00. The molecule has 0 aliphatic rings. The van der Waals surface area contributed by atoms with E-state index >= 15 is 0 Å². The molecule has 5 heteroatoms. The van der Waals surface area contributed by atoms with Crippen molar-refractivity contribution in [1.82, 2.24) is 0 Å². The summed E-state index contributed by atoms with van der Waals surface area (Å²) in [7, 11) is 0. The van der Waals surface area contributed by atoms with Crippen molar-refractivity contribution in [3.63, 3.8) is 0 Å². The van der Waals surface area contributed by atoms with Gasteiger partial charge in [0, 0.05) is 23.0 Å². The van der Waals surface area contributed by atoms with E-state index in [-0.39, 0.29) is 13.2 Å². The van der Waals surface area contributed by atoms with Gasteiger partial charge in [-0.25, -0.2) is 0 Å². The molecular formula is C18H20O3S2. The smallest absolute Gasteiger partial charge is 0.145 e. The normalized spacial score (nSPS) is 11.3. The van der Waals surface area contributed by atoms with Crippen LogP contribution in [0.2, 0.25) is 0 Å². The van der Waals surface area contributed by atoms with Crippen LogP contribution >= 0.6 is 22.7 Å². The summed E-state index contributed by atoms with van der Waals surface area (Å²) in [6.07, 6.45) is 1.28. The topological polar surface area (TPSA) is 53.6 Å². The lowest BCUT2D eigenvalue weighted by Crippen LogP contribution is -1.90. The largest absolute Gasteiger partial charge is 0.454 e. The van der Waals surface area contributed by atoms with E-state index in [1.165, 1.54) is 9.75 Å². The molecule has 0 saturated heterocycles. The molecule has 3 aromatic rings. The number of rotatable bonds is 6. The standard InChI is InChI=1S/C18H20O3S2/c1-11-9-13(5-7-19)17(22-11)15-3-4-16(21-15)18-14(6-8-20)10-12(2)23-18/h3-4,9-10,19-20H,5-8H2,1-2H3. The van der Waals surface area contributed by atoms with E-state index in [2.05, 4.69) is 26.0 Å². The van der Waals surface area contributed by atoms with E-state index in [0.717, 1.165) is 32.4 Å². The minimum absolute atomic E-state index is 0.140. The third-order valence-electron chi connectivity index (χ3n) is 3.68. The van der Waals surface area contributed by atoms with Crippen LogP contribution in [0, 0.1) is 13.8 Å². The number of hydrogen-bond donors (Lipinski definition) is 2. The molecule has 3 aromatic heterocycles. The second-order valence-electron chi connectivity index (χ2n) is 5.53. The zero-order valence-corrected chi connectivity index (χ0v) is 14.9. The fraction of sp³-hybridized carbons (Fsp3) is 0.333. The van der Waals surface area contributed by atoms with Crippen molar-refractivity contribution >= 4 is 22.7 Å². The number of thiophene rings is 2. The molecule has 0 radical (unpaired) electrons. The summed E-state index contributed by atoms with van der Waals surface area (Å²) < 4.78 is 6.11. The van der Waals surface area contributed by atoms with Gasteiger partial charge in [0.2, 0.25) is 0 Å². The van der Waals surface area contributed by atoms with E-state index in [1.807, 2.05) is 12.1 Å². The van der Waals surface area contributed by atoms with Gasteiger partial charge in [0.1, 0.15) is 11.5 Å². The van der Waals surface area contributed by atoms with E-state index in [4.69, 9.17) is 4.42 Å². The average molecular weight is 348 g/mol. The Hall–Kier alpha value is -1.40. The van der Waals surface area contributed by atoms with Crippen molar-refractivity contribution < 1.29 is 14.6 Å². The van der Waals surface area contributed by atoms with Gasteiger partial charge in [-0.1, -0.05) is 0 Å². The zero-order chi connectivity index (χ0) is 16.4. The van der Waals surface area contributed by atoms with Gasteiger partial charge < -0.3 is 14.6 Å². The number of aryl methyl sites for hydroxylation is 2. The van der Waals surface area contributed by atoms with Crippen molar-refractivity contribution in [2.75, 3.05) is 13.2 Å². The third-order valence-corrected chi connectivity index (χ3v) is 5.89. The second-order valence-corrected chi connectivity index (χ2v) is 8.05. The summed E-state index contributed by atoms with van der Waals surface area (Å²) >= 11 is 3.39. The highest BCUT2D eigenvalue weighted by Crippen LogP contribution is 2.39. The quantitative estimate of drug-likeness (QED) is 0.693. The van der Waals surface area contributed by atoms with E-state index in [1.54, 1.807) is 22.7 Å². The number of aliphatic hydroxyl groups is 2. The van der Waals surface area contributed by atoms with E-state index < -0.39 is 0 Å². The molecule has 0 atom stereocenters. The van der Waals surface area contributed by atoms with Gasteiger partial charge in [-0.2, -0.15) is 0 Å². The maximum Gasteiger partial charge on any atom is 0.145 e. The van der Waals surface area contributed by atoms with Crippen LogP contribution in [0.3, 0.4) is 0 Å². The lowest BCUT2D eigenvalue weighted by molar-refractivity contribution is 0.299. The molecule has 3 rings (SSSR count). The molecule has 0 aliphatic heterocycles. The zero-order valence-electron chi connectivity index (χ0n) is 13.3. The predicted molar refractivity (Wildman–Crippen MR) is 96.4 cm³/mol. The fourth-order valence-corrected chi connectivity index (χ4v) is 4.80. The minimum atomic E-state index is 0.140. The molecule has 0 bridgehead atoms. The van der Waals surface area contributed by atoms with Crippen molar-refractivity contribution in [2.45, 2.75) is 26.7 Å². The van der Waals surface area contributed by atoms with E-state index in [0.29, 0.717) is 12.8 Å². The Morgan fingerprint density at radius 2 is 1.26 bits per heavy atom. The van der Waals surface area contributed by atoms with Crippen LogP contribution in [-0.4, -0.2) is 23.4 Å². The van der Waals surface area contributed by atoms with Crippen molar-refractivity contribution in [2.24, 2.45) is 0 Å². The Morgan fingerprint density at radius 1 is 0.826 bits per heavy atom. The molecule has 3 heterocycles. The Bertz CT molecular complexity index is 730. The van der Waals surface area contributed by atoms with Crippen LogP contribution in [0.25, 0.3) is 21.3 Å². The highest BCUT2D eigenvalue weighted by Gasteiger charge is 2.16. The average Bonchev–Trinajstić information content (AvgIpc) is 3.19. The predicted octanol–water partition coefficient (Wildman–Crippen LogP) is 4.42. The summed E-state index contributed by atoms with van der Waals surface area (Å²) in [5, 5.41) is 18.5. The maximum absolute atomic E-state index is 9.23. The molecule has 2 N–H and O–H groups in total. The van der Waals surface area contributed by atoms with Crippen LogP contribution in [0.4, 0.5) is 0 Å². The van der Waals surface area contributed by atoms with Crippen LogP contribution < -0.4 is 0 Å². The highest BCUT2D eigenvalue weighted by molar-refractivity contribution is 7.16. The van der Waals surface area contributed by atoms with Crippen LogP contribution in [0.15, 0.2) is 28.7 Å². The summed E-state index contributed by atoms with van der Waals surface area (Å²) in [4.78, 5) is 4.63. The molecule has 122 valence electrons. The van der Waals surface area contributed by atoms with Gasteiger partial charge in [-0.15, -0.1) is 22.7 Å². The number of hydrogen-bond acceptors (Lipinski definition) is 5. The van der Waals surface area contributed by atoms with Gasteiger partial charge in [0.15, 0.2) is 0 Å². The molecule has 23 heavy (non-hydrogen) atoms. The van der Waals surface area contributed by atoms with E-state index in [9.17, 15) is 10.2 Å². The molecule has 0 amide bonds. The van der Waals surface area contributed by atoms with Gasteiger partial charge in [0.05, 0.1) is 9.75 Å². The van der Waals surface area contributed by atoms with Crippen LogP contribution in [0.1, 0.15) is 20.9 Å². The number of aliphatic hydroxyl groups excluding tert-OH is 2. The molecule has 0 saturated carbocycles. The number of furan rings is 1. The molecule has 0 aromatic carbocycles. The van der Waals surface area contributed by atoms with Crippen molar-refractivity contribution in [1.29, 1.82) is 0 Å². The molecule has 0 unspecified atom stereocenters. The van der Waals surface area contributed by atoms with Crippen LogP contribution in [-0.2, 0) is 12.8 Å². The first-order valence-electron chi connectivity index (χ1n) is 7.63. The second kappa shape index (κ2) is 7.01. The first-order valence-corrected chi connectivity index (χ1v) is 9.26. The summed E-state index contributed by atoms with van der Waals surface area (Å²) in [5.74, 6) is 1.70. The van der Waals surface area contributed by atoms with Crippen molar-refractivity contribution in [3.05, 3.63) is 45.1 Å². The summed E-state index contributed by atoms with van der Waals surface area (Å²) in [6.45, 7) is 4.42. The highest BCUT2D eigenvalue weighted by atomic mass is 32.1. The minimum Gasteiger partial charge on any atom is -0.454 e. The van der Waals surface area contributed by atoms with Gasteiger partial charge in [-0.05, 0) is 62.1 Å². The SMILES string of the molecule is Cc1cc(CCO)c(-c2ccc(-c3sc(C)cc3CCO)o2)s1. The van der Waals surface area contributed by atoms with Crippen LogP contribution in [0.5, 0.6) is 0 Å².